The molecule has 0 unspecified atom stereocenters. The highest BCUT2D eigenvalue weighted by molar-refractivity contribution is 4.53. The Kier molecular flexibility index (Phi) is 10.9. The molecule has 0 spiro atoms. The van der Waals surface area contributed by atoms with E-state index in [1.807, 2.05) is 0 Å². The molecule has 14 heavy (non-hydrogen) atoms. The van der Waals surface area contributed by atoms with Crippen LogP contribution < -0.4 is 10.6 Å². The molecular formula is C11H26N2O. The van der Waals surface area contributed by atoms with Gasteiger partial charge in [-0.05, 0) is 25.3 Å². The number of hydrogen-bond donors (Lipinski definition) is 2. The molecule has 0 bridgehead atoms. The molecule has 86 valence electrons. The van der Waals surface area contributed by atoms with Gasteiger partial charge < -0.3 is 15.4 Å². The van der Waals surface area contributed by atoms with E-state index in [4.69, 9.17) is 4.74 Å². The second-order valence-electron chi connectivity index (χ2n) is 4.03. The fraction of sp³-hybridized carbons (Fsp3) is 1.00. The van der Waals surface area contributed by atoms with E-state index in [2.05, 4.69) is 24.5 Å². The molecular weight excluding hydrogens is 176 g/mol. The van der Waals surface area contributed by atoms with Gasteiger partial charge >= 0.3 is 0 Å². The summed E-state index contributed by atoms with van der Waals surface area (Å²) < 4.78 is 4.93. The molecule has 0 heterocycles. The van der Waals surface area contributed by atoms with Crippen LogP contribution in [0.4, 0.5) is 0 Å². The van der Waals surface area contributed by atoms with Gasteiger partial charge in [0.25, 0.3) is 0 Å². The summed E-state index contributed by atoms with van der Waals surface area (Å²) in [5.41, 5.74) is 0. The van der Waals surface area contributed by atoms with Crippen molar-refractivity contribution < 1.29 is 4.74 Å². The molecule has 0 aliphatic heterocycles. The summed E-state index contributed by atoms with van der Waals surface area (Å²) in [7, 11) is 1.73. The van der Waals surface area contributed by atoms with Gasteiger partial charge in [-0.1, -0.05) is 13.8 Å². The third-order valence-corrected chi connectivity index (χ3v) is 2.10. The first-order chi connectivity index (χ1) is 6.77. The Morgan fingerprint density at radius 2 is 1.64 bits per heavy atom. The monoisotopic (exact) mass is 202 g/mol. The van der Waals surface area contributed by atoms with Crippen molar-refractivity contribution in [3.63, 3.8) is 0 Å². The van der Waals surface area contributed by atoms with Gasteiger partial charge in [-0.15, -0.1) is 0 Å². The van der Waals surface area contributed by atoms with Crippen LogP contribution in [0.15, 0.2) is 0 Å². The van der Waals surface area contributed by atoms with Gasteiger partial charge in [-0.25, -0.2) is 0 Å². The van der Waals surface area contributed by atoms with Crippen LogP contribution in [0.1, 0.15) is 26.7 Å². The quantitative estimate of drug-likeness (QED) is 0.523. The molecule has 3 heteroatoms. The first kappa shape index (κ1) is 13.9. The highest BCUT2D eigenvalue weighted by atomic mass is 16.5. The van der Waals surface area contributed by atoms with Crippen LogP contribution in [0.25, 0.3) is 0 Å². The van der Waals surface area contributed by atoms with Crippen LogP contribution in [-0.2, 0) is 4.74 Å². The van der Waals surface area contributed by atoms with Crippen LogP contribution in [0.2, 0.25) is 0 Å². The molecule has 0 fully saturated rings. The van der Waals surface area contributed by atoms with Crippen molar-refractivity contribution in [2.24, 2.45) is 5.92 Å². The highest BCUT2D eigenvalue weighted by Crippen LogP contribution is 2.01. The van der Waals surface area contributed by atoms with Crippen molar-refractivity contribution in [1.29, 1.82) is 0 Å². The van der Waals surface area contributed by atoms with Crippen LogP contribution in [0, 0.1) is 5.92 Å². The van der Waals surface area contributed by atoms with E-state index in [9.17, 15) is 0 Å². The molecule has 0 rings (SSSR count). The Morgan fingerprint density at radius 3 is 2.21 bits per heavy atom. The third kappa shape index (κ3) is 11.9. The topological polar surface area (TPSA) is 33.3 Å². The number of rotatable bonds is 10. The largest absolute Gasteiger partial charge is 0.383 e. The van der Waals surface area contributed by atoms with Crippen LogP contribution in [0.5, 0.6) is 0 Å². The predicted octanol–water partition coefficient (Wildman–Crippen LogP) is 1.25. The lowest BCUT2D eigenvalue weighted by Crippen LogP contribution is -2.29. The number of ether oxygens (including phenoxy) is 1. The fourth-order valence-corrected chi connectivity index (χ4v) is 1.24. The molecule has 0 saturated carbocycles. The summed E-state index contributed by atoms with van der Waals surface area (Å²) in [4.78, 5) is 0. The minimum atomic E-state index is 0.799. The van der Waals surface area contributed by atoms with Crippen molar-refractivity contribution in [3.8, 4) is 0 Å². The summed E-state index contributed by atoms with van der Waals surface area (Å²) in [5, 5.41) is 6.71. The first-order valence-corrected chi connectivity index (χ1v) is 5.67. The van der Waals surface area contributed by atoms with Crippen molar-refractivity contribution >= 4 is 0 Å². The minimum Gasteiger partial charge on any atom is -0.383 e. The molecule has 0 aliphatic carbocycles. The van der Waals surface area contributed by atoms with E-state index in [-0.39, 0.29) is 0 Å². The third-order valence-electron chi connectivity index (χ3n) is 2.10. The Morgan fingerprint density at radius 1 is 1.00 bits per heavy atom. The molecule has 0 radical (unpaired) electrons. The Hall–Kier alpha value is -0.120. The standard InChI is InChI=1S/C11H26N2O/c1-11(2)5-4-6-12-7-8-13-9-10-14-3/h11-13H,4-10H2,1-3H3. The van der Waals surface area contributed by atoms with E-state index in [1.54, 1.807) is 7.11 Å². The lowest BCUT2D eigenvalue weighted by molar-refractivity contribution is 0.199. The zero-order valence-corrected chi connectivity index (χ0v) is 9.94. The predicted molar refractivity (Wildman–Crippen MR) is 61.7 cm³/mol. The maximum absolute atomic E-state index is 4.93. The van der Waals surface area contributed by atoms with E-state index in [0.717, 1.165) is 38.7 Å². The highest BCUT2D eigenvalue weighted by Gasteiger charge is 1.93. The van der Waals surface area contributed by atoms with Crippen molar-refractivity contribution in [3.05, 3.63) is 0 Å². The van der Waals surface area contributed by atoms with Gasteiger partial charge in [0.05, 0.1) is 6.61 Å². The zero-order valence-electron chi connectivity index (χ0n) is 9.94. The van der Waals surface area contributed by atoms with E-state index < -0.39 is 0 Å². The van der Waals surface area contributed by atoms with Gasteiger partial charge in [0.1, 0.15) is 0 Å². The van der Waals surface area contributed by atoms with E-state index in [0.29, 0.717) is 0 Å². The summed E-state index contributed by atoms with van der Waals surface area (Å²) >= 11 is 0. The van der Waals surface area contributed by atoms with E-state index in [1.165, 1.54) is 12.8 Å². The van der Waals surface area contributed by atoms with Gasteiger partial charge in [-0.3, -0.25) is 0 Å². The molecule has 3 nitrogen and oxygen atoms in total. The Balaban J connectivity index is 2.85. The number of methoxy groups -OCH3 is 1. The average Bonchev–Trinajstić information content (AvgIpc) is 2.15. The van der Waals surface area contributed by atoms with Crippen molar-refractivity contribution in [2.45, 2.75) is 26.7 Å². The molecule has 2 N–H and O–H groups in total. The maximum Gasteiger partial charge on any atom is 0.0587 e. The summed E-state index contributed by atoms with van der Waals surface area (Å²) in [6, 6.07) is 0. The van der Waals surface area contributed by atoms with Gasteiger partial charge in [0.15, 0.2) is 0 Å². The van der Waals surface area contributed by atoms with Gasteiger partial charge in [0.2, 0.25) is 0 Å². The zero-order chi connectivity index (χ0) is 10.6. The van der Waals surface area contributed by atoms with Gasteiger partial charge in [0, 0.05) is 26.7 Å². The Bertz CT molecular complexity index is 107. The van der Waals surface area contributed by atoms with Crippen LogP contribution in [-0.4, -0.2) is 39.9 Å². The second kappa shape index (κ2) is 11.0. The minimum absolute atomic E-state index is 0.799. The summed E-state index contributed by atoms with van der Waals surface area (Å²) in [6.45, 7) is 9.52. The Labute approximate surface area is 88.6 Å². The maximum atomic E-state index is 4.93. The number of hydrogen-bond acceptors (Lipinski definition) is 3. The molecule has 0 atom stereocenters. The van der Waals surface area contributed by atoms with Gasteiger partial charge in [-0.2, -0.15) is 0 Å². The van der Waals surface area contributed by atoms with Crippen LogP contribution >= 0.6 is 0 Å². The SMILES string of the molecule is COCCNCCNCCCC(C)C. The lowest BCUT2D eigenvalue weighted by atomic mass is 10.1. The molecule has 0 aliphatic rings. The molecule has 0 aromatic rings. The first-order valence-electron chi connectivity index (χ1n) is 5.67. The van der Waals surface area contributed by atoms with Crippen molar-refractivity contribution in [1.82, 2.24) is 10.6 Å². The fourth-order valence-electron chi connectivity index (χ4n) is 1.24. The molecule has 0 amide bonds. The normalized spacial score (nSPS) is 11.1. The summed E-state index contributed by atoms with van der Waals surface area (Å²) in [6.07, 6.45) is 2.61. The smallest absolute Gasteiger partial charge is 0.0587 e. The molecule has 0 saturated heterocycles. The lowest BCUT2D eigenvalue weighted by Gasteiger charge is -2.07. The summed E-state index contributed by atoms with van der Waals surface area (Å²) in [5.74, 6) is 0.830. The molecule has 0 aromatic carbocycles. The molecule has 0 aromatic heterocycles. The van der Waals surface area contributed by atoms with Crippen LogP contribution in [0.3, 0.4) is 0 Å². The average molecular weight is 202 g/mol. The van der Waals surface area contributed by atoms with E-state index >= 15 is 0 Å². The van der Waals surface area contributed by atoms with Crippen molar-refractivity contribution in [2.75, 3.05) is 39.9 Å². The second-order valence-corrected chi connectivity index (χ2v) is 4.03. The number of nitrogens with one attached hydrogen (secondary N) is 2.